The number of fused-ring (bicyclic) bond motifs is 3. The highest BCUT2D eigenvalue weighted by molar-refractivity contribution is 6.07. The van der Waals surface area contributed by atoms with Gasteiger partial charge in [-0.2, -0.15) is 0 Å². The van der Waals surface area contributed by atoms with Crippen molar-refractivity contribution in [2.75, 3.05) is 19.8 Å². The molecule has 0 unspecified atom stereocenters. The van der Waals surface area contributed by atoms with E-state index < -0.39 is 0 Å². The summed E-state index contributed by atoms with van der Waals surface area (Å²) in [6.07, 6.45) is 5.55. The molecule has 1 aromatic carbocycles. The number of carbonyl (C=O) groups excluding carboxylic acids is 1. The Morgan fingerprint density at radius 1 is 1.40 bits per heavy atom. The summed E-state index contributed by atoms with van der Waals surface area (Å²) in [4.78, 5) is 15.3. The second-order valence-electron chi connectivity index (χ2n) is 6.81. The van der Waals surface area contributed by atoms with Crippen molar-refractivity contribution in [1.82, 2.24) is 9.47 Å². The number of nitrogens with zero attached hydrogens (tertiary/aromatic N) is 2. The molecule has 2 bridgehead atoms. The van der Waals surface area contributed by atoms with Gasteiger partial charge >= 0.3 is 0 Å². The number of rotatable bonds is 4. The van der Waals surface area contributed by atoms with E-state index in [0.717, 1.165) is 29.3 Å². The third-order valence-electron chi connectivity index (χ3n) is 5.35. The van der Waals surface area contributed by atoms with E-state index in [9.17, 15) is 4.79 Å². The van der Waals surface area contributed by atoms with Crippen LogP contribution in [0.25, 0.3) is 10.9 Å². The molecule has 3 atom stereocenters. The minimum absolute atomic E-state index is 0.0684. The number of para-hydroxylation sites is 1. The number of carbonyl (C=O) groups is 1. The number of hydrogen-bond donors (Lipinski definition) is 0. The Hall–Kier alpha value is -2.11. The number of aryl methyl sites for hydroxylation is 1. The van der Waals surface area contributed by atoms with E-state index in [1.54, 1.807) is 6.08 Å². The normalized spacial score (nSPS) is 26.0. The molecule has 0 radical (unpaired) electrons. The average molecular weight is 340 g/mol. The van der Waals surface area contributed by atoms with E-state index >= 15 is 0 Å². The number of hydrogen-bond acceptors (Lipinski definition) is 3. The average Bonchev–Trinajstić information content (AvgIpc) is 3.10. The van der Waals surface area contributed by atoms with Gasteiger partial charge in [-0.05, 0) is 18.9 Å². The first-order valence-corrected chi connectivity index (χ1v) is 8.90. The van der Waals surface area contributed by atoms with Crippen LogP contribution in [0.1, 0.15) is 23.2 Å². The lowest BCUT2D eigenvalue weighted by molar-refractivity contribution is -0.0434. The molecular weight excluding hydrogens is 316 g/mol. The Morgan fingerprint density at radius 2 is 2.24 bits per heavy atom. The molecule has 2 aliphatic rings. The van der Waals surface area contributed by atoms with Gasteiger partial charge in [0.1, 0.15) is 6.10 Å². The highest BCUT2D eigenvalue weighted by Gasteiger charge is 2.45. The maximum atomic E-state index is 13.4. The Labute approximate surface area is 147 Å². The fraction of sp³-hybridized carbons (Fsp3) is 0.450. The molecule has 0 N–H and O–H groups in total. The molecule has 1 aliphatic heterocycles. The SMILES string of the molecule is C=CCO[C@H]1[C@H]2CC[C@H]1OCCN2C(=O)c1cn(C)c2ccccc12. The lowest BCUT2D eigenvalue weighted by Gasteiger charge is -2.31. The van der Waals surface area contributed by atoms with Crippen LogP contribution in [-0.4, -0.2) is 53.4 Å². The zero-order chi connectivity index (χ0) is 17.4. The zero-order valence-corrected chi connectivity index (χ0v) is 14.6. The van der Waals surface area contributed by atoms with Gasteiger partial charge in [-0.25, -0.2) is 0 Å². The van der Waals surface area contributed by atoms with Crippen LogP contribution in [0.5, 0.6) is 0 Å². The molecule has 0 spiro atoms. The van der Waals surface area contributed by atoms with Gasteiger partial charge in [-0.3, -0.25) is 4.79 Å². The van der Waals surface area contributed by atoms with Gasteiger partial charge < -0.3 is 18.9 Å². The van der Waals surface area contributed by atoms with Gasteiger partial charge in [0.05, 0.1) is 30.9 Å². The van der Waals surface area contributed by atoms with E-state index in [4.69, 9.17) is 9.47 Å². The van der Waals surface area contributed by atoms with Crippen molar-refractivity contribution in [1.29, 1.82) is 0 Å². The smallest absolute Gasteiger partial charge is 0.256 e. The molecule has 25 heavy (non-hydrogen) atoms. The quantitative estimate of drug-likeness (QED) is 0.804. The van der Waals surface area contributed by atoms with Crippen LogP contribution in [0.3, 0.4) is 0 Å². The first-order chi connectivity index (χ1) is 12.2. The van der Waals surface area contributed by atoms with Crippen molar-refractivity contribution >= 4 is 16.8 Å². The number of benzene rings is 1. The number of aromatic nitrogens is 1. The van der Waals surface area contributed by atoms with Crippen LogP contribution in [0.15, 0.2) is 43.1 Å². The predicted molar refractivity (Wildman–Crippen MR) is 96.7 cm³/mol. The summed E-state index contributed by atoms with van der Waals surface area (Å²) in [5.41, 5.74) is 1.83. The molecule has 2 heterocycles. The van der Waals surface area contributed by atoms with Crippen LogP contribution >= 0.6 is 0 Å². The van der Waals surface area contributed by atoms with Gasteiger partial charge in [-0.1, -0.05) is 24.3 Å². The third-order valence-corrected chi connectivity index (χ3v) is 5.35. The van der Waals surface area contributed by atoms with Crippen molar-refractivity contribution in [2.24, 2.45) is 7.05 Å². The molecule has 2 fully saturated rings. The van der Waals surface area contributed by atoms with E-state index in [-0.39, 0.29) is 24.2 Å². The highest BCUT2D eigenvalue weighted by atomic mass is 16.5. The minimum Gasteiger partial charge on any atom is -0.374 e. The van der Waals surface area contributed by atoms with Crippen molar-refractivity contribution in [3.05, 3.63) is 48.7 Å². The van der Waals surface area contributed by atoms with E-state index in [0.29, 0.717) is 19.8 Å². The first-order valence-electron chi connectivity index (χ1n) is 8.90. The molecule has 132 valence electrons. The molecule has 4 rings (SSSR count). The van der Waals surface area contributed by atoms with Gasteiger partial charge in [0.2, 0.25) is 0 Å². The maximum Gasteiger partial charge on any atom is 0.256 e. The van der Waals surface area contributed by atoms with Crippen LogP contribution in [0.2, 0.25) is 0 Å². The summed E-state index contributed by atoms with van der Waals surface area (Å²) in [5.74, 6) is 0.0696. The van der Waals surface area contributed by atoms with Gasteiger partial charge in [0.25, 0.3) is 5.91 Å². The molecule has 2 aromatic rings. The molecule has 5 nitrogen and oxygen atoms in total. The fourth-order valence-electron chi connectivity index (χ4n) is 4.21. The topological polar surface area (TPSA) is 43.7 Å². The summed E-state index contributed by atoms with van der Waals surface area (Å²) < 4.78 is 13.9. The maximum absolute atomic E-state index is 13.4. The Morgan fingerprint density at radius 3 is 3.08 bits per heavy atom. The van der Waals surface area contributed by atoms with Crippen molar-refractivity contribution in [2.45, 2.75) is 31.1 Å². The van der Waals surface area contributed by atoms with E-state index in [1.165, 1.54) is 0 Å². The highest BCUT2D eigenvalue weighted by Crippen LogP contribution is 2.33. The second-order valence-corrected chi connectivity index (χ2v) is 6.81. The summed E-state index contributed by atoms with van der Waals surface area (Å²) in [7, 11) is 1.98. The van der Waals surface area contributed by atoms with Crippen LogP contribution < -0.4 is 0 Å². The first kappa shape index (κ1) is 16.4. The fourth-order valence-corrected chi connectivity index (χ4v) is 4.21. The van der Waals surface area contributed by atoms with Crippen molar-refractivity contribution in [3.8, 4) is 0 Å². The molecule has 1 aromatic heterocycles. The van der Waals surface area contributed by atoms with Gasteiger partial charge in [-0.15, -0.1) is 6.58 Å². The standard InChI is InChI=1S/C20H24N2O3/c1-3-11-25-19-17-8-9-18(19)24-12-10-22(17)20(23)15-13-21(2)16-7-5-4-6-14(15)16/h3-7,13,17-19H,1,8-12H2,2H3/t17-,18-,19+/m1/s1. The summed E-state index contributed by atoms with van der Waals surface area (Å²) in [5, 5.41) is 0.998. The van der Waals surface area contributed by atoms with Crippen LogP contribution in [-0.2, 0) is 16.5 Å². The molecular formula is C20H24N2O3. The second kappa shape index (κ2) is 6.65. The van der Waals surface area contributed by atoms with E-state index in [2.05, 4.69) is 6.58 Å². The lowest BCUT2D eigenvalue weighted by atomic mass is 10.1. The van der Waals surface area contributed by atoms with Crippen molar-refractivity contribution < 1.29 is 14.3 Å². The minimum atomic E-state index is -0.0700. The monoisotopic (exact) mass is 340 g/mol. The summed E-state index contributed by atoms with van der Waals surface area (Å²) >= 11 is 0. The van der Waals surface area contributed by atoms with Gasteiger partial charge in [0, 0.05) is 30.7 Å². The van der Waals surface area contributed by atoms with E-state index in [1.807, 2.05) is 47.0 Å². The number of amides is 1. The number of ether oxygens (including phenoxy) is 2. The molecule has 1 saturated heterocycles. The largest absolute Gasteiger partial charge is 0.374 e. The summed E-state index contributed by atoms with van der Waals surface area (Å²) in [6.45, 7) is 5.38. The Kier molecular flexibility index (Phi) is 4.36. The Bertz CT molecular complexity index is 797. The lowest BCUT2D eigenvalue weighted by Crippen LogP contribution is -2.46. The molecule has 1 amide bonds. The molecule has 1 aliphatic carbocycles. The summed E-state index contributed by atoms with van der Waals surface area (Å²) in [6, 6.07) is 8.10. The van der Waals surface area contributed by atoms with Crippen molar-refractivity contribution in [3.63, 3.8) is 0 Å². The Balaban J connectivity index is 1.67. The third kappa shape index (κ3) is 2.77. The predicted octanol–water partition coefficient (Wildman–Crippen LogP) is 2.75. The molecule has 5 heteroatoms. The zero-order valence-electron chi connectivity index (χ0n) is 14.6. The van der Waals surface area contributed by atoms with Gasteiger partial charge in [0.15, 0.2) is 0 Å². The molecule has 1 saturated carbocycles. The van der Waals surface area contributed by atoms with Crippen LogP contribution in [0, 0.1) is 0 Å². The van der Waals surface area contributed by atoms with Crippen LogP contribution in [0.4, 0.5) is 0 Å².